The number of carbonyl (C=O) groups excluding carboxylic acids is 3. The van der Waals surface area contributed by atoms with Crippen LogP contribution in [-0.4, -0.2) is 43.1 Å². The highest BCUT2D eigenvalue weighted by molar-refractivity contribution is 5.86. The Morgan fingerprint density at radius 2 is 1.94 bits per heavy atom. The summed E-state index contributed by atoms with van der Waals surface area (Å²) < 4.78 is 0. The average molecular weight is 258 g/mol. The molecule has 1 rings (SSSR count). The Morgan fingerprint density at radius 3 is 2.44 bits per heavy atom. The highest BCUT2D eigenvalue weighted by Crippen LogP contribution is 2.06. The third-order valence-electron chi connectivity index (χ3n) is 2.77. The molecule has 0 aromatic carbocycles. The zero-order valence-electron chi connectivity index (χ0n) is 9.59. The molecule has 0 bridgehead atoms. The Kier molecular flexibility index (Phi) is 5.05. The summed E-state index contributed by atoms with van der Waals surface area (Å²) in [6.07, 6.45) is -1.62. The summed E-state index contributed by atoms with van der Waals surface area (Å²) in [5.74, 6) is -4.53. The molecule has 0 saturated carbocycles. The number of hydrogen-bond acceptors (Lipinski definition) is 6. The molecule has 0 spiro atoms. The summed E-state index contributed by atoms with van der Waals surface area (Å²) in [4.78, 5) is 32.6. The second kappa shape index (κ2) is 6.31. The van der Waals surface area contributed by atoms with E-state index in [2.05, 4.69) is 5.32 Å². The number of carboxylic acid groups (broad SMARTS) is 2. The molecular weight excluding hydrogens is 244 g/mol. The number of piperidine rings is 1. The average Bonchev–Trinajstić information content (AvgIpc) is 2.27. The highest BCUT2D eigenvalue weighted by atomic mass is 16.4. The van der Waals surface area contributed by atoms with E-state index in [1.807, 2.05) is 0 Å². The van der Waals surface area contributed by atoms with Crippen LogP contribution in [0.2, 0.25) is 0 Å². The summed E-state index contributed by atoms with van der Waals surface area (Å²) in [5, 5.41) is 35.9. The van der Waals surface area contributed by atoms with Gasteiger partial charge in [0.2, 0.25) is 5.91 Å². The van der Waals surface area contributed by atoms with Gasteiger partial charge in [-0.2, -0.15) is 0 Å². The number of carbonyl (C=O) groups is 3. The van der Waals surface area contributed by atoms with E-state index in [1.54, 1.807) is 5.32 Å². The lowest BCUT2D eigenvalue weighted by Gasteiger charge is -2.31. The van der Waals surface area contributed by atoms with E-state index >= 15 is 0 Å². The second-order valence-corrected chi connectivity index (χ2v) is 4.27. The van der Waals surface area contributed by atoms with Crippen LogP contribution >= 0.6 is 0 Å². The smallest absolute Gasteiger partial charge is 0.229 e. The molecule has 18 heavy (non-hydrogen) atoms. The van der Waals surface area contributed by atoms with E-state index in [0.717, 1.165) is 0 Å². The summed E-state index contributed by atoms with van der Waals surface area (Å²) in [7, 11) is 0. The molecule has 1 aliphatic heterocycles. The molecule has 8 heteroatoms. The summed E-state index contributed by atoms with van der Waals surface area (Å²) in [6.45, 7) is 0.766. The Balaban J connectivity index is 2.54. The molecule has 0 aliphatic carbocycles. The number of quaternary nitrogens is 1. The molecule has 2 unspecified atom stereocenters. The van der Waals surface area contributed by atoms with Crippen LogP contribution in [0.25, 0.3) is 0 Å². The first-order valence-electron chi connectivity index (χ1n) is 5.58. The minimum absolute atomic E-state index is 0.118. The predicted octanol–water partition coefficient (Wildman–Crippen LogP) is -6.33. The van der Waals surface area contributed by atoms with Gasteiger partial charge in [-0.3, -0.25) is 4.79 Å². The van der Waals surface area contributed by atoms with Crippen molar-refractivity contribution in [1.29, 1.82) is 0 Å². The number of amides is 1. The third-order valence-corrected chi connectivity index (χ3v) is 2.77. The molecule has 8 nitrogen and oxygen atoms in total. The maximum atomic E-state index is 11.7. The molecule has 3 atom stereocenters. The van der Waals surface area contributed by atoms with Gasteiger partial charge in [-0.25, -0.2) is 0 Å². The second-order valence-electron chi connectivity index (χ2n) is 4.27. The van der Waals surface area contributed by atoms with Gasteiger partial charge >= 0.3 is 0 Å². The van der Waals surface area contributed by atoms with Crippen molar-refractivity contribution in [2.45, 2.75) is 25.0 Å². The van der Waals surface area contributed by atoms with E-state index in [-0.39, 0.29) is 6.42 Å². The van der Waals surface area contributed by atoms with Gasteiger partial charge in [-0.1, -0.05) is 6.10 Å². The Hall–Kier alpha value is -1.67. The molecule has 1 aliphatic rings. The topological polar surface area (TPSA) is 149 Å². The van der Waals surface area contributed by atoms with E-state index in [9.17, 15) is 29.7 Å². The van der Waals surface area contributed by atoms with E-state index in [0.29, 0.717) is 13.1 Å². The molecule has 1 saturated heterocycles. The van der Waals surface area contributed by atoms with E-state index < -0.39 is 42.3 Å². The van der Waals surface area contributed by atoms with Crippen LogP contribution in [-0.2, 0) is 14.4 Å². The molecule has 102 valence electrons. The Labute approximate surface area is 103 Å². The normalized spacial score (nSPS) is 25.2. The van der Waals surface area contributed by atoms with Crippen LogP contribution in [0.15, 0.2) is 0 Å². The van der Waals surface area contributed by atoms with Gasteiger partial charge in [0, 0.05) is 12.4 Å². The molecule has 1 heterocycles. The fourth-order valence-corrected chi connectivity index (χ4v) is 1.86. The lowest BCUT2D eigenvalue weighted by molar-refractivity contribution is -0.696. The van der Waals surface area contributed by atoms with Crippen LogP contribution < -0.4 is 26.0 Å². The maximum absolute atomic E-state index is 11.7. The molecule has 0 aromatic rings. The SMILES string of the molecule is O=C([O-])C[C@H](NC(=O)C1C[NH2+]CC([O-])C1)C(=O)[O-]. The number of aliphatic carboxylic acids is 2. The summed E-state index contributed by atoms with van der Waals surface area (Å²) in [6, 6.07) is -1.63. The first kappa shape index (κ1) is 14.4. The van der Waals surface area contributed by atoms with Gasteiger partial charge in [-0.15, -0.1) is 0 Å². The number of nitrogens with one attached hydrogen (secondary N) is 1. The monoisotopic (exact) mass is 258 g/mol. The van der Waals surface area contributed by atoms with Gasteiger partial charge in [0.05, 0.1) is 31.0 Å². The highest BCUT2D eigenvalue weighted by Gasteiger charge is 2.27. The standard InChI is InChI=1S/C10H15N2O6/c13-6-1-5(3-11-4-6)9(16)12-7(10(17)18)2-8(14)15/h5-7,11H,1-4H2,(H,12,16)(H,14,15)(H,17,18)/q-1/p-1/t5?,6?,7-/m0/s1. The van der Waals surface area contributed by atoms with Crippen molar-refractivity contribution < 1.29 is 35.0 Å². The zero-order valence-corrected chi connectivity index (χ0v) is 9.59. The van der Waals surface area contributed by atoms with Gasteiger partial charge in [0.1, 0.15) is 0 Å². The lowest BCUT2D eigenvalue weighted by atomic mass is 9.96. The molecule has 1 fully saturated rings. The first-order chi connectivity index (χ1) is 8.40. The first-order valence-corrected chi connectivity index (χ1v) is 5.58. The Bertz CT molecular complexity index is 345. The van der Waals surface area contributed by atoms with Crippen LogP contribution in [0, 0.1) is 5.92 Å². The number of nitrogens with two attached hydrogens (primary N) is 1. The van der Waals surface area contributed by atoms with Gasteiger partial charge in [-0.05, 0) is 6.42 Å². The van der Waals surface area contributed by atoms with Gasteiger partial charge < -0.3 is 35.5 Å². The molecule has 1 amide bonds. The van der Waals surface area contributed by atoms with E-state index in [1.165, 1.54) is 0 Å². The van der Waals surface area contributed by atoms with Crippen molar-refractivity contribution in [1.82, 2.24) is 5.32 Å². The van der Waals surface area contributed by atoms with Crippen molar-refractivity contribution in [2.75, 3.05) is 13.1 Å². The molecule has 0 radical (unpaired) electrons. The van der Waals surface area contributed by atoms with Crippen LogP contribution in [0.5, 0.6) is 0 Å². The number of carboxylic acids is 2. The summed E-state index contributed by atoms with van der Waals surface area (Å²) >= 11 is 0. The fourth-order valence-electron chi connectivity index (χ4n) is 1.86. The molecule has 3 N–H and O–H groups in total. The van der Waals surface area contributed by atoms with E-state index in [4.69, 9.17) is 0 Å². The lowest BCUT2D eigenvalue weighted by Crippen LogP contribution is -2.91. The van der Waals surface area contributed by atoms with Crippen molar-refractivity contribution in [3.63, 3.8) is 0 Å². The van der Waals surface area contributed by atoms with Crippen LogP contribution in [0.3, 0.4) is 0 Å². The minimum Gasteiger partial charge on any atom is -0.848 e. The van der Waals surface area contributed by atoms with Crippen molar-refractivity contribution in [3.05, 3.63) is 0 Å². The van der Waals surface area contributed by atoms with Crippen molar-refractivity contribution >= 4 is 17.8 Å². The minimum atomic E-state index is -1.69. The quantitative estimate of drug-likeness (QED) is 0.500. The largest absolute Gasteiger partial charge is 0.848 e. The zero-order chi connectivity index (χ0) is 13.7. The third kappa shape index (κ3) is 4.30. The number of rotatable bonds is 5. The Morgan fingerprint density at radius 1 is 1.28 bits per heavy atom. The predicted molar refractivity (Wildman–Crippen MR) is 50.1 cm³/mol. The van der Waals surface area contributed by atoms with Crippen molar-refractivity contribution in [2.24, 2.45) is 5.92 Å². The number of hydrogen-bond donors (Lipinski definition) is 2. The van der Waals surface area contributed by atoms with Crippen molar-refractivity contribution in [3.8, 4) is 0 Å². The van der Waals surface area contributed by atoms with Crippen LogP contribution in [0.1, 0.15) is 12.8 Å². The van der Waals surface area contributed by atoms with Crippen LogP contribution in [0.4, 0.5) is 0 Å². The van der Waals surface area contributed by atoms with Gasteiger partial charge in [0.25, 0.3) is 0 Å². The van der Waals surface area contributed by atoms with Gasteiger partial charge in [0.15, 0.2) is 0 Å². The fraction of sp³-hybridized carbons (Fsp3) is 0.700. The molecule has 0 aromatic heterocycles. The molecular formula is C10H14N2O6-2. The maximum Gasteiger partial charge on any atom is 0.229 e. The summed E-state index contributed by atoms with van der Waals surface area (Å²) in [5.41, 5.74) is 0.